The Balaban J connectivity index is 1.55. The van der Waals surface area contributed by atoms with E-state index in [1.54, 1.807) is 29.2 Å². The van der Waals surface area contributed by atoms with Crippen molar-refractivity contribution in [2.24, 2.45) is 5.92 Å². The molecule has 3 amide bonds. The number of nitrogen functional groups attached to an aromatic ring is 1. The van der Waals surface area contributed by atoms with E-state index in [1.807, 2.05) is 29.6 Å². The Morgan fingerprint density at radius 2 is 2.12 bits per heavy atom. The van der Waals surface area contributed by atoms with E-state index in [2.05, 4.69) is 10.6 Å². The van der Waals surface area contributed by atoms with E-state index in [0.717, 1.165) is 10.4 Å². The Morgan fingerprint density at radius 1 is 1.33 bits per heavy atom. The molecule has 7 heteroatoms. The van der Waals surface area contributed by atoms with Crippen molar-refractivity contribution in [3.05, 3.63) is 35.7 Å². The highest BCUT2D eigenvalue weighted by atomic mass is 32.1. The molecule has 0 bridgehead atoms. The number of likely N-dealkylation sites (tertiary alicyclic amines) is 1. The van der Waals surface area contributed by atoms with Gasteiger partial charge >= 0.3 is 6.03 Å². The maximum Gasteiger partial charge on any atom is 0.319 e. The van der Waals surface area contributed by atoms with Gasteiger partial charge in [0, 0.05) is 37.4 Å². The van der Waals surface area contributed by atoms with Crippen LogP contribution < -0.4 is 16.4 Å². The first-order valence-corrected chi connectivity index (χ1v) is 8.64. The summed E-state index contributed by atoms with van der Waals surface area (Å²) in [5.41, 5.74) is 8.09. The van der Waals surface area contributed by atoms with Crippen LogP contribution in [0.3, 0.4) is 0 Å². The van der Waals surface area contributed by atoms with Gasteiger partial charge in [0.25, 0.3) is 0 Å². The molecule has 0 radical (unpaired) electrons. The lowest BCUT2D eigenvalue weighted by Gasteiger charge is -2.38. The minimum absolute atomic E-state index is 0.0777. The molecule has 4 N–H and O–H groups in total. The van der Waals surface area contributed by atoms with Gasteiger partial charge in [0.1, 0.15) is 0 Å². The van der Waals surface area contributed by atoms with Crippen molar-refractivity contribution < 1.29 is 9.59 Å². The summed E-state index contributed by atoms with van der Waals surface area (Å²) in [6, 6.07) is 9.33. The van der Waals surface area contributed by atoms with Crippen molar-refractivity contribution >= 4 is 34.6 Å². The standard InChI is InChI=1S/C17H20N4O2S/c1-11(22)21-9-12(10-21)8-19-17(23)20-15-7-13(4-5-14(15)18)16-3-2-6-24-16/h2-7,12H,8-10,18H2,1H3,(H2,19,20,23). The van der Waals surface area contributed by atoms with Gasteiger partial charge in [0.2, 0.25) is 5.91 Å². The summed E-state index contributed by atoms with van der Waals surface area (Å²) in [5.74, 6) is 0.392. The number of hydrogen-bond donors (Lipinski definition) is 3. The van der Waals surface area contributed by atoms with Crippen molar-refractivity contribution in [2.75, 3.05) is 30.7 Å². The molecular weight excluding hydrogens is 324 g/mol. The molecule has 1 aromatic heterocycles. The highest BCUT2D eigenvalue weighted by Gasteiger charge is 2.28. The fourth-order valence-electron chi connectivity index (χ4n) is 2.62. The van der Waals surface area contributed by atoms with Gasteiger partial charge in [-0.05, 0) is 29.1 Å². The predicted octanol–water partition coefficient (Wildman–Crippen LogP) is 2.60. The molecule has 24 heavy (non-hydrogen) atoms. The highest BCUT2D eigenvalue weighted by Crippen LogP contribution is 2.30. The number of urea groups is 1. The number of carbonyl (C=O) groups is 2. The Morgan fingerprint density at radius 3 is 2.79 bits per heavy atom. The van der Waals surface area contributed by atoms with Crippen LogP contribution in [-0.2, 0) is 4.79 Å². The zero-order valence-electron chi connectivity index (χ0n) is 13.4. The maximum atomic E-state index is 12.1. The van der Waals surface area contributed by atoms with Crippen LogP contribution in [0.4, 0.5) is 16.2 Å². The monoisotopic (exact) mass is 344 g/mol. The number of rotatable bonds is 4. The maximum absolute atomic E-state index is 12.1. The lowest BCUT2D eigenvalue weighted by Crippen LogP contribution is -2.53. The summed E-state index contributed by atoms with van der Waals surface area (Å²) in [4.78, 5) is 26.1. The van der Waals surface area contributed by atoms with Gasteiger partial charge in [-0.3, -0.25) is 4.79 Å². The average Bonchev–Trinajstić information content (AvgIpc) is 3.01. The van der Waals surface area contributed by atoms with E-state index in [-0.39, 0.29) is 11.9 Å². The van der Waals surface area contributed by atoms with Crippen LogP contribution in [0.1, 0.15) is 6.92 Å². The lowest BCUT2D eigenvalue weighted by molar-refractivity contribution is -0.134. The fourth-order valence-corrected chi connectivity index (χ4v) is 3.34. The molecule has 1 fully saturated rings. The molecule has 126 valence electrons. The Bertz CT molecular complexity index is 739. The first-order valence-electron chi connectivity index (χ1n) is 7.76. The van der Waals surface area contributed by atoms with Crippen molar-refractivity contribution in [1.29, 1.82) is 0 Å². The minimum atomic E-state index is -0.286. The molecule has 3 rings (SSSR count). The summed E-state index contributed by atoms with van der Waals surface area (Å²) in [5, 5.41) is 7.64. The molecule has 1 saturated heterocycles. The highest BCUT2D eigenvalue weighted by molar-refractivity contribution is 7.13. The van der Waals surface area contributed by atoms with E-state index in [9.17, 15) is 9.59 Å². The SMILES string of the molecule is CC(=O)N1CC(CNC(=O)Nc2cc(-c3cccs3)ccc2N)C1. The fraction of sp³-hybridized carbons (Fsp3) is 0.294. The topological polar surface area (TPSA) is 87.5 Å². The molecule has 1 aromatic carbocycles. The van der Waals surface area contributed by atoms with Gasteiger partial charge in [-0.25, -0.2) is 4.79 Å². The molecule has 2 aromatic rings. The Hall–Kier alpha value is -2.54. The van der Waals surface area contributed by atoms with Gasteiger partial charge in [0.15, 0.2) is 0 Å². The quantitative estimate of drug-likeness (QED) is 0.745. The van der Waals surface area contributed by atoms with Crippen LogP contribution in [-0.4, -0.2) is 36.5 Å². The molecule has 0 aliphatic carbocycles. The minimum Gasteiger partial charge on any atom is -0.397 e. The Kier molecular flexibility index (Phi) is 4.71. The molecule has 1 aliphatic rings. The summed E-state index contributed by atoms with van der Waals surface area (Å²) in [6.07, 6.45) is 0. The number of anilines is 2. The van der Waals surface area contributed by atoms with Gasteiger partial charge in [-0.2, -0.15) is 0 Å². The normalized spacial score (nSPS) is 14.1. The van der Waals surface area contributed by atoms with E-state index in [4.69, 9.17) is 5.73 Å². The van der Waals surface area contributed by atoms with Gasteiger partial charge in [0.05, 0.1) is 11.4 Å². The Labute approximate surface area is 144 Å². The first kappa shape index (κ1) is 16.3. The zero-order chi connectivity index (χ0) is 17.1. The molecule has 0 atom stereocenters. The van der Waals surface area contributed by atoms with Gasteiger partial charge < -0.3 is 21.3 Å². The van der Waals surface area contributed by atoms with Crippen LogP contribution in [0.15, 0.2) is 35.7 Å². The third-order valence-electron chi connectivity index (χ3n) is 4.06. The number of benzene rings is 1. The van der Waals surface area contributed by atoms with Crippen LogP contribution in [0.2, 0.25) is 0 Å². The molecule has 0 saturated carbocycles. The zero-order valence-corrected chi connectivity index (χ0v) is 14.2. The van der Waals surface area contributed by atoms with Crippen molar-refractivity contribution in [2.45, 2.75) is 6.92 Å². The predicted molar refractivity (Wildman–Crippen MR) is 96.9 cm³/mol. The third kappa shape index (κ3) is 3.68. The molecular formula is C17H20N4O2S. The molecule has 2 heterocycles. The van der Waals surface area contributed by atoms with E-state index in [1.165, 1.54) is 0 Å². The average molecular weight is 344 g/mol. The number of thiophene rings is 1. The van der Waals surface area contributed by atoms with Crippen LogP contribution in [0.25, 0.3) is 10.4 Å². The molecule has 1 aliphatic heterocycles. The summed E-state index contributed by atoms with van der Waals surface area (Å²) >= 11 is 1.64. The number of amides is 3. The number of nitrogens with one attached hydrogen (secondary N) is 2. The van der Waals surface area contributed by atoms with E-state index < -0.39 is 0 Å². The van der Waals surface area contributed by atoms with Crippen molar-refractivity contribution in [3.8, 4) is 10.4 Å². The number of nitrogens with zero attached hydrogens (tertiary/aromatic N) is 1. The number of carbonyl (C=O) groups excluding carboxylic acids is 2. The van der Waals surface area contributed by atoms with Crippen LogP contribution >= 0.6 is 11.3 Å². The lowest BCUT2D eigenvalue weighted by atomic mass is 10.0. The van der Waals surface area contributed by atoms with Crippen LogP contribution in [0, 0.1) is 5.92 Å². The van der Waals surface area contributed by atoms with E-state index >= 15 is 0 Å². The largest absolute Gasteiger partial charge is 0.397 e. The summed E-state index contributed by atoms with van der Waals surface area (Å²) in [6.45, 7) is 3.50. The molecule has 0 unspecified atom stereocenters. The second kappa shape index (κ2) is 6.92. The van der Waals surface area contributed by atoms with Crippen molar-refractivity contribution in [3.63, 3.8) is 0 Å². The number of nitrogens with two attached hydrogens (primary N) is 1. The van der Waals surface area contributed by atoms with E-state index in [0.29, 0.717) is 36.9 Å². The first-order chi connectivity index (χ1) is 11.5. The summed E-state index contributed by atoms with van der Waals surface area (Å²) < 4.78 is 0. The van der Waals surface area contributed by atoms with Gasteiger partial charge in [-0.15, -0.1) is 11.3 Å². The summed E-state index contributed by atoms with van der Waals surface area (Å²) in [7, 11) is 0. The molecule has 6 nitrogen and oxygen atoms in total. The van der Waals surface area contributed by atoms with Gasteiger partial charge in [-0.1, -0.05) is 12.1 Å². The second-order valence-electron chi connectivity index (χ2n) is 5.90. The molecule has 0 spiro atoms. The van der Waals surface area contributed by atoms with Crippen molar-refractivity contribution in [1.82, 2.24) is 10.2 Å². The second-order valence-corrected chi connectivity index (χ2v) is 6.85. The number of hydrogen-bond acceptors (Lipinski definition) is 4. The van der Waals surface area contributed by atoms with Crippen LogP contribution in [0.5, 0.6) is 0 Å². The third-order valence-corrected chi connectivity index (χ3v) is 4.98. The smallest absolute Gasteiger partial charge is 0.319 e.